The van der Waals surface area contributed by atoms with E-state index in [0.717, 1.165) is 11.3 Å². The molecular weight excluding hydrogens is 527 g/mol. The summed E-state index contributed by atoms with van der Waals surface area (Å²) in [6, 6.07) is 13.5. The van der Waals surface area contributed by atoms with E-state index in [2.05, 4.69) is 22.1 Å². The maximum Gasteiger partial charge on any atom is 0.341 e. The lowest BCUT2D eigenvalue weighted by molar-refractivity contribution is -0.113. The molecule has 0 radical (unpaired) electrons. The number of aromatic nitrogens is 3. The number of nitrogens with one attached hydrogen (secondary N) is 1. The van der Waals surface area contributed by atoms with Gasteiger partial charge >= 0.3 is 5.97 Å². The van der Waals surface area contributed by atoms with E-state index >= 15 is 0 Å². The lowest BCUT2D eigenvalue weighted by Crippen LogP contribution is -2.16. The van der Waals surface area contributed by atoms with Crippen LogP contribution >= 0.6 is 23.1 Å². The van der Waals surface area contributed by atoms with Gasteiger partial charge in [0.2, 0.25) is 5.91 Å². The number of anilines is 1. The molecule has 0 saturated heterocycles. The van der Waals surface area contributed by atoms with Gasteiger partial charge in [0.1, 0.15) is 28.7 Å². The highest BCUT2D eigenvalue weighted by molar-refractivity contribution is 7.99. The highest BCUT2D eigenvalue weighted by Crippen LogP contribution is 2.36. The zero-order valence-corrected chi connectivity index (χ0v) is 22.4. The Balaban J connectivity index is 1.45. The van der Waals surface area contributed by atoms with Gasteiger partial charge in [0.25, 0.3) is 0 Å². The van der Waals surface area contributed by atoms with E-state index in [4.69, 9.17) is 9.47 Å². The van der Waals surface area contributed by atoms with Gasteiger partial charge in [-0.15, -0.1) is 28.1 Å². The number of hydrogen-bond acceptors (Lipinski definition) is 8. The van der Waals surface area contributed by atoms with E-state index in [0.29, 0.717) is 33.7 Å². The molecule has 0 fully saturated rings. The van der Waals surface area contributed by atoms with Crippen LogP contribution in [0.4, 0.5) is 9.39 Å². The minimum Gasteiger partial charge on any atom is -0.486 e. The number of thiophene rings is 1. The van der Waals surface area contributed by atoms with Gasteiger partial charge in [0, 0.05) is 17.5 Å². The molecule has 0 aliphatic rings. The lowest BCUT2D eigenvalue weighted by Gasteiger charge is -2.10. The second-order valence-corrected chi connectivity index (χ2v) is 9.91. The smallest absolute Gasteiger partial charge is 0.341 e. The third kappa shape index (κ3) is 6.48. The van der Waals surface area contributed by atoms with Crippen LogP contribution in [0.15, 0.2) is 71.7 Å². The molecule has 38 heavy (non-hydrogen) atoms. The number of aryl methyl sites for hydroxylation is 1. The molecule has 0 aliphatic heterocycles. The van der Waals surface area contributed by atoms with Crippen LogP contribution in [0, 0.1) is 12.7 Å². The third-order valence-corrected chi connectivity index (χ3v) is 7.25. The van der Waals surface area contributed by atoms with E-state index in [1.165, 1.54) is 42.3 Å². The number of allylic oxidation sites excluding steroid dienone is 1. The number of benzene rings is 2. The number of hydrogen-bond donors (Lipinski definition) is 1. The van der Waals surface area contributed by atoms with Crippen LogP contribution in [0.2, 0.25) is 0 Å². The zero-order valence-electron chi connectivity index (χ0n) is 20.8. The van der Waals surface area contributed by atoms with Crippen LogP contribution < -0.4 is 10.1 Å². The first-order chi connectivity index (χ1) is 18.4. The number of ether oxygens (including phenoxy) is 2. The Morgan fingerprint density at radius 1 is 1.21 bits per heavy atom. The SMILES string of the molecule is C=CCn1c(COc2cccc(C)c2)nnc1SCC(=O)Nc1scc(-c2ccc(F)cc2)c1C(=O)OC. The van der Waals surface area contributed by atoms with Crippen LogP contribution in [0.1, 0.15) is 21.7 Å². The summed E-state index contributed by atoms with van der Waals surface area (Å²) in [6.45, 7) is 6.44. The second kappa shape index (κ2) is 12.5. The number of halogens is 1. The summed E-state index contributed by atoms with van der Waals surface area (Å²) < 4.78 is 26.0. The van der Waals surface area contributed by atoms with E-state index < -0.39 is 5.97 Å². The zero-order chi connectivity index (χ0) is 27.1. The molecular formula is C27H25FN4O4S2. The van der Waals surface area contributed by atoms with Crippen LogP contribution in [-0.4, -0.2) is 39.5 Å². The number of nitrogens with zero attached hydrogens (tertiary/aromatic N) is 3. The fourth-order valence-electron chi connectivity index (χ4n) is 3.59. The molecule has 8 nitrogen and oxygen atoms in total. The molecule has 0 unspecified atom stereocenters. The lowest BCUT2D eigenvalue weighted by atomic mass is 10.0. The summed E-state index contributed by atoms with van der Waals surface area (Å²) in [5, 5.41) is 13.8. The average Bonchev–Trinajstić information content (AvgIpc) is 3.50. The van der Waals surface area contributed by atoms with Gasteiger partial charge in [0.05, 0.1) is 12.9 Å². The molecule has 2 aromatic heterocycles. The Morgan fingerprint density at radius 2 is 2.00 bits per heavy atom. The van der Waals surface area contributed by atoms with Gasteiger partial charge in [-0.25, -0.2) is 9.18 Å². The molecule has 4 rings (SSSR count). The molecule has 0 atom stereocenters. The third-order valence-electron chi connectivity index (χ3n) is 5.38. The van der Waals surface area contributed by atoms with Crippen molar-refractivity contribution in [3.8, 4) is 16.9 Å². The van der Waals surface area contributed by atoms with Gasteiger partial charge < -0.3 is 14.8 Å². The van der Waals surface area contributed by atoms with Crippen LogP contribution in [0.5, 0.6) is 5.75 Å². The van der Waals surface area contributed by atoms with E-state index in [9.17, 15) is 14.0 Å². The number of methoxy groups -OCH3 is 1. The number of rotatable bonds is 11. The summed E-state index contributed by atoms with van der Waals surface area (Å²) in [4.78, 5) is 25.4. The summed E-state index contributed by atoms with van der Waals surface area (Å²) >= 11 is 2.40. The standard InChI is InChI=1S/C27H25FN4O4S2/c1-4-12-32-22(14-36-20-7-5-6-17(2)13-20)30-31-27(32)38-16-23(33)29-25-24(26(34)35-3)21(15-37-25)18-8-10-19(28)11-9-18/h4-11,13,15H,1,12,14,16H2,2-3H3,(H,29,33). The maximum atomic E-state index is 13.4. The molecule has 1 N–H and O–H groups in total. The molecule has 2 aromatic carbocycles. The van der Waals surface area contributed by atoms with Gasteiger partial charge in [-0.3, -0.25) is 9.36 Å². The number of esters is 1. The molecule has 0 bridgehead atoms. The van der Waals surface area contributed by atoms with Gasteiger partial charge in [-0.2, -0.15) is 0 Å². The van der Waals surface area contributed by atoms with Crippen molar-refractivity contribution in [1.29, 1.82) is 0 Å². The van der Waals surface area contributed by atoms with Crippen molar-refractivity contribution in [1.82, 2.24) is 14.8 Å². The second-order valence-electron chi connectivity index (χ2n) is 8.09. The van der Waals surface area contributed by atoms with Crippen LogP contribution in [0.3, 0.4) is 0 Å². The topological polar surface area (TPSA) is 95.3 Å². The van der Waals surface area contributed by atoms with Gasteiger partial charge in [-0.05, 0) is 42.3 Å². The normalized spacial score (nSPS) is 10.7. The number of carbonyl (C=O) groups excluding carboxylic acids is 2. The minimum atomic E-state index is -0.600. The van der Waals surface area contributed by atoms with Crippen molar-refractivity contribution in [2.24, 2.45) is 0 Å². The molecule has 196 valence electrons. The number of amides is 1. The summed E-state index contributed by atoms with van der Waals surface area (Å²) in [5.74, 6) is 0.0334. The Kier molecular flexibility index (Phi) is 8.93. The van der Waals surface area contributed by atoms with Crippen molar-refractivity contribution >= 4 is 40.0 Å². The van der Waals surface area contributed by atoms with Crippen molar-refractivity contribution in [3.63, 3.8) is 0 Å². The monoisotopic (exact) mass is 552 g/mol. The Labute approximate surface area is 227 Å². The van der Waals surface area contributed by atoms with E-state index in [1.807, 2.05) is 35.8 Å². The molecule has 0 spiro atoms. The summed E-state index contributed by atoms with van der Waals surface area (Å²) in [5.41, 5.74) is 2.49. The molecule has 11 heteroatoms. The van der Waals surface area contributed by atoms with Crippen LogP contribution in [-0.2, 0) is 22.7 Å². The Hall–Kier alpha value is -3.96. The first kappa shape index (κ1) is 27.1. The quantitative estimate of drug-likeness (QED) is 0.144. The van der Waals surface area contributed by atoms with Crippen molar-refractivity contribution in [2.75, 3.05) is 18.2 Å². The molecule has 0 saturated carbocycles. The van der Waals surface area contributed by atoms with E-state index in [1.54, 1.807) is 23.6 Å². The molecule has 4 aromatic rings. The fourth-order valence-corrected chi connectivity index (χ4v) is 5.33. The molecule has 2 heterocycles. The van der Waals surface area contributed by atoms with E-state index in [-0.39, 0.29) is 29.6 Å². The largest absolute Gasteiger partial charge is 0.486 e. The number of thioether (sulfide) groups is 1. The van der Waals surface area contributed by atoms with Crippen molar-refractivity contribution in [3.05, 3.63) is 89.3 Å². The Bertz CT molecular complexity index is 1450. The van der Waals surface area contributed by atoms with Crippen molar-refractivity contribution < 1.29 is 23.5 Å². The Morgan fingerprint density at radius 3 is 2.71 bits per heavy atom. The highest BCUT2D eigenvalue weighted by Gasteiger charge is 2.23. The van der Waals surface area contributed by atoms with Gasteiger partial charge in [-0.1, -0.05) is 42.1 Å². The molecule has 0 aliphatic carbocycles. The average molecular weight is 553 g/mol. The molecule has 1 amide bonds. The first-order valence-electron chi connectivity index (χ1n) is 11.5. The van der Waals surface area contributed by atoms with Crippen molar-refractivity contribution in [2.45, 2.75) is 25.2 Å². The number of carbonyl (C=O) groups is 2. The fraction of sp³-hybridized carbons (Fsp3) is 0.185. The summed E-state index contributed by atoms with van der Waals surface area (Å²) in [6.07, 6.45) is 1.72. The predicted molar refractivity (Wildman–Crippen MR) is 146 cm³/mol. The first-order valence-corrected chi connectivity index (χ1v) is 13.4. The van der Waals surface area contributed by atoms with Gasteiger partial charge in [0.15, 0.2) is 11.0 Å². The van der Waals surface area contributed by atoms with Crippen LogP contribution in [0.25, 0.3) is 11.1 Å². The highest BCUT2D eigenvalue weighted by atomic mass is 32.2. The maximum absolute atomic E-state index is 13.4. The predicted octanol–water partition coefficient (Wildman–Crippen LogP) is 5.74. The minimum absolute atomic E-state index is 0.0262. The summed E-state index contributed by atoms with van der Waals surface area (Å²) in [7, 11) is 1.27.